The van der Waals surface area contributed by atoms with Crippen LogP contribution in [0.4, 0.5) is 0 Å². The molecule has 0 aliphatic carbocycles. The standard InChI is InChI=1S/C34H31ClN4O4S/c1-2-42-33(41)23-15-17-38(18-16-23)34-36-32(40)30(44-34)20-26-21-39(27-11-4-3-5-12-27)37-31(26)24-10-8-13-28(19-24)43-22-25-9-6-7-14-29(25)35/h3-14,19-21,23H,2,15-18,22H2,1H3/b30-20-. The summed E-state index contributed by atoms with van der Waals surface area (Å²) in [5.41, 5.74) is 4.14. The molecule has 0 N–H and O–H groups in total. The van der Waals surface area contributed by atoms with Crippen LogP contribution < -0.4 is 4.74 Å². The van der Waals surface area contributed by atoms with Gasteiger partial charge in [-0.1, -0.05) is 60.1 Å². The van der Waals surface area contributed by atoms with Crippen molar-refractivity contribution >= 4 is 46.5 Å². The van der Waals surface area contributed by atoms with Gasteiger partial charge in [0, 0.05) is 41.0 Å². The molecule has 3 aromatic carbocycles. The van der Waals surface area contributed by atoms with Crippen LogP contribution in [-0.4, -0.2) is 51.4 Å². The predicted molar refractivity (Wildman–Crippen MR) is 174 cm³/mol. The summed E-state index contributed by atoms with van der Waals surface area (Å²) in [6.45, 7) is 3.83. The molecule has 2 aliphatic heterocycles. The number of carbonyl (C=O) groups excluding carboxylic acids is 2. The summed E-state index contributed by atoms with van der Waals surface area (Å²) in [4.78, 5) is 32.2. The number of esters is 1. The highest BCUT2D eigenvalue weighted by atomic mass is 35.5. The Kier molecular flexibility index (Phi) is 9.14. The number of aliphatic imine (C=N–C) groups is 1. The molecule has 0 unspecified atom stereocenters. The van der Waals surface area contributed by atoms with Gasteiger partial charge in [-0.15, -0.1) is 0 Å². The van der Waals surface area contributed by atoms with Crippen LogP contribution in [0.5, 0.6) is 5.75 Å². The van der Waals surface area contributed by atoms with Crippen molar-refractivity contribution in [2.75, 3.05) is 19.7 Å². The second-order valence-corrected chi connectivity index (χ2v) is 11.9. The summed E-state index contributed by atoms with van der Waals surface area (Å²) in [7, 11) is 0. The monoisotopic (exact) mass is 626 g/mol. The van der Waals surface area contributed by atoms with E-state index in [2.05, 4.69) is 9.89 Å². The van der Waals surface area contributed by atoms with Gasteiger partial charge in [-0.3, -0.25) is 9.59 Å². The summed E-state index contributed by atoms with van der Waals surface area (Å²) in [6.07, 6.45) is 5.13. The SMILES string of the molecule is CCOC(=O)C1CCN(C2=NC(=O)/C(=C/c3cn(-c4ccccc4)nc3-c3cccc(OCc4ccccc4Cl)c3)S2)CC1. The van der Waals surface area contributed by atoms with E-state index in [0.717, 1.165) is 22.4 Å². The number of benzene rings is 3. The third-order valence-corrected chi connectivity index (χ3v) is 8.92. The number of ether oxygens (including phenoxy) is 2. The summed E-state index contributed by atoms with van der Waals surface area (Å²) >= 11 is 7.68. The molecule has 8 nitrogen and oxygen atoms in total. The lowest BCUT2D eigenvalue weighted by Gasteiger charge is -2.31. The molecule has 4 aromatic rings. The minimum atomic E-state index is -0.284. The maximum absolute atomic E-state index is 13.1. The van der Waals surface area contributed by atoms with Crippen LogP contribution in [0.1, 0.15) is 30.9 Å². The Balaban J connectivity index is 1.24. The Bertz CT molecular complexity index is 1730. The van der Waals surface area contributed by atoms with E-state index in [1.165, 1.54) is 11.8 Å². The quantitative estimate of drug-likeness (QED) is 0.153. The number of rotatable bonds is 8. The number of para-hydroxylation sites is 1. The van der Waals surface area contributed by atoms with Crippen molar-refractivity contribution in [3.63, 3.8) is 0 Å². The molecule has 224 valence electrons. The van der Waals surface area contributed by atoms with E-state index in [0.29, 0.717) is 65.7 Å². The zero-order valence-electron chi connectivity index (χ0n) is 24.2. The van der Waals surface area contributed by atoms with E-state index in [4.69, 9.17) is 26.2 Å². The van der Waals surface area contributed by atoms with Crippen molar-refractivity contribution in [2.45, 2.75) is 26.4 Å². The lowest BCUT2D eigenvalue weighted by molar-refractivity contribution is -0.149. The van der Waals surface area contributed by atoms with Crippen LogP contribution in [0.25, 0.3) is 23.0 Å². The molecule has 1 aromatic heterocycles. The summed E-state index contributed by atoms with van der Waals surface area (Å²) in [6, 6.07) is 25.2. The second kappa shape index (κ2) is 13.5. The van der Waals surface area contributed by atoms with Gasteiger partial charge < -0.3 is 14.4 Å². The molecule has 0 bridgehead atoms. The van der Waals surface area contributed by atoms with Crippen molar-refractivity contribution in [3.8, 4) is 22.7 Å². The molecule has 1 saturated heterocycles. The van der Waals surface area contributed by atoms with Crippen LogP contribution in [0.3, 0.4) is 0 Å². The molecule has 3 heterocycles. The van der Waals surface area contributed by atoms with E-state index in [1.54, 1.807) is 0 Å². The van der Waals surface area contributed by atoms with Gasteiger partial charge in [-0.2, -0.15) is 10.1 Å². The molecule has 1 amide bonds. The van der Waals surface area contributed by atoms with Crippen LogP contribution in [0.2, 0.25) is 5.02 Å². The van der Waals surface area contributed by atoms with Crippen molar-refractivity contribution in [1.82, 2.24) is 14.7 Å². The normalized spacial score (nSPS) is 16.3. The number of piperidine rings is 1. The summed E-state index contributed by atoms with van der Waals surface area (Å²) < 4.78 is 13.1. The van der Waals surface area contributed by atoms with E-state index in [1.807, 2.05) is 103 Å². The highest BCUT2D eigenvalue weighted by Crippen LogP contribution is 2.35. The summed E-state index contributed by atoms with van der Waals surface area (Å²) in [5.74, 6) is 0.136. The van der Waals surface area contributed by atoms with Gasteiger partial charge in [-0.05, 0) is 67.9 Å². The molecule has 0 radical (unpaired) electrons. The predicted octanol–water partition coefficient (Wildman–Crippen LogP) is 7.02. The number of thioether (sulfide) groups is 1. The van der Waals surface area contributed by atoms with Crippen molar-refractivity contribution < 1.29 is 19.1 Å². The summed E-state index contributed by atoms with van der Waals surface area (Å²) in [5, 5.41) is 6.24. The van der Waals surface area contributed by atoms with E-state index in [9.17, 15) is 9.59 Å². The van der Waals surface area contributed by atoms with Crippen molar-refractivity contribution in [3.05, 3.63) is 106 Å². The first-order chi connectivity index (χ1) is 21.5. The number of hydrogen-bond acceptors (Lipinski definition) is 7. The lowest BCUT2D eigenvalue weighted by Crippen LogP contribution is -2.39. The minimum absolute atomic E-state index is 0.111. The Morgan fingerprint density at radius 2 is 1.82 bits per heavy atom. The van der Waals surface area contributed by atoms with Gasteiger partial charge in [0.15, 0.2) is 5.17 Å². The fourth-order valence-electron chi connectivity index (χ4n) is 5.18. The van der Waals surface area contributed by atoms with Gasteiger partial charge in [0.2, 0.25) is 0 Å². The van der Waals surface area contributed by atoms with E-state index >= 15 is 0 Å². The number of hydrogen-bond donors (Lipinski definition) is 0. The van der Waals surface area contributed by atoms with Crippen molar-refractivity contribution in [1.29, 1.82) is 0 Å². The van der Waals surface area contributed by atoms with Crippen molar-refractivity contribution in [2.24, 2.45) is 10.9 Å². The molecule has 6 rings (SSSR count). The molecular formula is C34H31ClN4O4S. The first-order valence-electron chi connectivity index (χ1n) is 14.5. The Morgan fingerprint density at radius 3 is 2.59 bits per heavy atom. The number of amides is 1. The van der Waals surface area contributed by atoms with Gasteiger partial charge >= 0.3 is 5.97 Å². The number of likely N-dealkylation sites (tertiary alicyclic amines) is 1. The molecule has 44 heavy (non-hydrogen) atoms. The van der Waals surface area contributed by atoms with Gasteiger partial charge in [0.05, 0.1) is 23.1 Å². The largest absolute Gasteiger partial charge is 0.489 e. The molecule has 0 spiro atoms. The maximum atomic E-state index is 13.1. The maximum Gasteiger partial charge on any atom is 0.309 e. The third kappa shape index (κ3) is 6.74. The molecular weight excluding hydrogens is 596 g/mol. The Morgan fingerprint density at radius 1 is 1.05 bits per heavy atom. The van der Waals surface area contributed by atoms with Gasteiger partial charge in [0.25, 0.3) is 5.91 Å². The molecule has 2 aliphatic rings. The van der Waals surface area contributed by atoms with Crippen LogP contribution in [0.15, 0.2) is 95.0 Å². The second-order valence-electron chi connectivity index (χ2n) is 10.4. The van der Waals surface area contributed by atoms with Gasteiger partial charge in [-0.25, -0.2) is 4.68 Å². The number of amidine groups is 1. The molecule has 10 heteroatoms. The molecule has 0 saturated carbocycles. The fourth-order valence-corrected chi connectivity index (χ4v) is 6.33. The van der Waals surface area contributed by atoms with Crippen LogP contribution >= 0.6 is 23.4 Å². The first kappa shape index (κ1) is 29.7. The zero-order chi connectivity index (χ0) is 30.5. The topological polar surface area (TPSA) is 86.0 Å². The van der Waals surface area contributed by atoms with Gasteiger partial charge in [0.1, 0.15) is 18.1 Å². The lowest BCUT2D eigenvalue weighted by atomic mass is 9.97. The van der Waals surface area contributed by atoms with E-state index < -0.39 is 0 Å². The fraction of sp³-hybridized carbons (Fsp3) is 0.235. The first-order valence-corrected chi connectivity index (χ1v) is 15.7. The number of carbonyl (C=O) groups is 2. The van der Waals surface area contributed by atoms with Crippen LogP contribution in [0, 0.1) is 5.92 Å². The average Bonchev–Trinajstić information content (AvgIpc) is 3.65. The third-order valence-electron chi connectivity index (χ3n) is 7.50. The van der Waals surface area contributed by atoms with Crippen LogP contribution in [-0.2, 0) is 20.9 Å². The highest BCUT2D eigenvalue weighted by Gasteiger charge is 2.32. The molecule has 1 fully saturated rings. The van der Waals surface area contributed by atoms with E-state index in [-0.39, 0.29) is 17.8 Å². The Labute approximate surface area is 265 Å². The Hall–Kier alpha value is -4.34. The number of halogens is 1. The highest BCUT2D eigenvalue weighted by molar-refractivity contribution is 8.18. The number of nitrogens with zero attached hydrogens (tertiary/aromatic N) is 4. The number of aromatic nitrogens is 2. The smallest absolute Gasteiger partial charge is 0.309 e. The zero-order valence-corrected chi connectivity index (χ0v) is 25.8. The minimum Gasteiger partial charge on any atom is -0.489 e. The molecule has 0 atom stereocenters. The average molecular weight is 627 g/mol.